The van der Waals surface area contributed by atoms with Crippen molar-refractivity contribution in [2.45, 2.75) is 45.4 Å². The molecule has 1 saturated heterocycles. The lowest BCUT2D eigenvalue weighted by atomic mass is 9.90. The minimum absolute atomic E-state index is 0.215. The highest BCUT2D eigenvalue weighted by Crippen LogP contribution is 2.32. The molecule has 1 saturated carbocycles. The van der Waals surface area contributed by atoms with Gasteiger partial charge >= 0.3 is 0 Å². The van der Waals surface area contributed by atoms with E-state index in [2.05, 4.69) is 16.7 Å². The fourth-order valence-corrected chi connectivity index (χ4v) is 3.68. The van der Waals surface area contributed by atoms with Crippen LogP contribution in [0.4, 0.5) is 0 Å². The SMILES string of the molecule is CCC(CC1CCCC1)C(=O)N1CCN(CCO)CC1. The number of hydrogen-bond acceptors (Lipinski definition) is 3. The number of carbonyl (C=O) groups is 1. The first-order valence-electron chi connectivity index (χ1n) is 8.36. The van der Waals surface area contributed by atoms with Crippen molar-refractivity contribution < 1.29 is 9.90 Å². The van der Waals surface area contributed by atoms with Gasteiger partial charge in [-0.25, -0.2) is 0 Å². The van der Waals surface area contributed by atoms with Gasteiger partial charge in [-0.2, -0.15) is 0 Å². The van der Waals surface area contributed by atoms with Gasteiger partial charge in [0, 0.05) is 38.6 Å². The number of hydrogen-bond donors (Lipinski definition) is 1. The van der Waals surface area contributed by atoms with Crippen molar-refractivity contribution in [3.05, 3.63) is 0 Å². The maximum Gasteiger partial charge on any atom is 0.225 e. The number of amides is 1. The molecule has 4 nitrogen and oxygen atoms in total. The summed E-state index contributed by atoms with van der Waals surface area (Å²) in [5, 5.41) is 8.96. The van der Waals surface area contributed by atoms with Crippen LogP contribution < -0.4 is 0 Å². The molecule has 2 rings (SSSR count). The van der Waals surface area contributed by atoms with Gasteiger partial charge in [-0.1, -0.05) is 32.6 Å². The number of piperazine rings is 1. The number of aliphatic hydroxyl groups excluding tert-OH is 1. The second-order valence-electron chi connectivity index (χ2n) is 6.38. The largest absolute Gasteiger partial charge is 0.395 e. The molecular formula is C16H30N2O2. The van der Waals surface area contributed by atoms with Gasteiger partial charge in [0.05, 0.1) is 6.61 Å². The normalized spacial score (nSPS) is 23.2. The Kier molecular flexibility index (Phi) is 6.30. The number of nitrogens with zero attached hydrogens (tertiary/aromatic N) is 2. The number of carbonyl (C=O) groups excluding carboxylic acids is 1. The van der Waals surface area contributed by atoms with Crippen molar-refractivity contribution in [1.29, 1.82) is 0 Å². The zero-order chi connectivity index (χ0) is 14.4. The Labute approximate surface area is 123 Å². The molecule has 1 aliphatic carbocycles. The summed E-state index contributed by atoms with van der Waals surface area (Å²) in [5.41, 5.74) is 0. The summed E-state index contributed by atoms with van der Waals surface area (Å²) >= 11 is 0. The van der Waals surface area contributed by atoms with E-state index in [1.54, 1.807) is 0 Å². The standard InChI is InChI=1S/C16H30N2O2/c1-2-15(13-14-5-3-4-6-14)16(20)18-9-7-17(8-10-18)11-12-19/h14-15,19H,2-13H2,1H3. The van der Waals surface area contributed by atoms with Gasteiger partial charge < -0.3 is 10.0 Å². The van der Waals surface area contributed by atoms with Gasteiger partial charge in [0.1, 0.15) is 0 Å². The Morgan fingerprint density at radius 1 is 1.20 bits per heavy atom. The summed E-state index contributed by atoms with van der Waals surface area (Å²) in [4.78, 5) is 16.9. The quantitative estimate of drug-likeness (QED) is 0.807. The van der Waals surface area contributed by atoms with Crippen molar-refractivity contribution in [2.75, 3.05) is 39.3 Å². The topological polar surface area (TPSA) is 43.8 Å². The molecule has 2 aliphatic rings. The van der Waals surface area contributed by atoms with Crippen LogP contribution in [0.1, 0.15) is 45.4 Å². The van der Waals surface area contributed by atoms with E-state index in [9.17, 15) is 4.79 Å². The van der Waals surface area contributed by atoms with Crippen LogP contribution in [0.2, 0.25) is 0 Å². The van der Waals surface area contributed by atoms with Crippen molar-refractivity contribution in [3.63, 3.8) is 0 Å². The summed E-state index contributed by atoms with van der Waals surface area (Å²) in [6.07, 6.45) is 7.45. The van der Waals surface area contributed by atoms with E-state index < -0.39 is 0 Å². The molecule has 0 aromatic heterocycles. The van der Waals surface area contributed by atoms with Gasteiger partial charge in [-0.05, 0) is 18.8 Å². The number of rotatable bonds is 6. The second-order valence-corrected chi connectivity index (χ2v) is 6.38. The summed E-state index contributed by atoms with van der Waals surface area (Å²) < 4.78 is 0. The highest BCUT2D eigenvalue weighted by Gasteiger charge is 2.29. The molecule has 1 N–H and O–H groups in total. The van der Waals surface area contributed by atoms with E-state index in [-0.39, 0.29) is 12.5 Å². The first kappa shape index (κ1) is 15.8. The van der Waals surface area contributed by atoms with Crippen LogP contribution in [0.5, 0.6) is 0 Å². The predicted octanol–water partition coefficient (Wildman–Crippen LogP) is 1.73. The maximum absolute atomic E-state index is 12.6. The molecule has 20 heavy (non-hydrogen) atoms. The van der Waals surface area contributed by atoms with Crippen molar-refractivity contribution >= 4 is 5.91 Å². The first-order valence-corrected chi connectivity index (χ1v) is 8.36. The molecular weight excluding hydrogens is 252 g/mol. The summed E-state index contributed by atoms with van der Waals surface area (Å²) in [5.74, 6) is 1.41. The third-order valence-corrected chi connectivity index (χ3v) is 5.03. The zero-order valence-corrected chi connectivity index (χ0v) is 12.9. The Hall–Kier alpha value is -0.610. The van der Waals surface area contributed by atoms with Gasteiger partial charge in [0.15, 0.2) is 0 Å². The van der Waals surface area contributed by atoms with E-state index in [0.29, 0.717) is 5.91 Å². The van der Waals surface area contributed by atoms with Gasteiger partial charge in [0.25, 0.3) is 0 Å². The fourth-order valence-electron chi connectivity index (χ4n) is 3.68. The smallest absolute Gasteiger partial charge is 0.225 e. The highest BCUT2D eigenvalue weighted by atomic mass is 16.3. The van der Waals surface area contributed by atoms with Crippen molar-refractivity contribution in [3.8, 4) is 0 Å². The molecule has 1 amide bonds. The molecule has 1 aliphatic heterocycles. The zero-order valence-electron chi connectivity index (χ0n) is 12.9. The van der Waals surface area contributed by atoms with Crippen molar-refractivity contribution in [1.82, 2.24) is 9.80 Å². The number of β-amino-alcohol motifs (C(OH)–C–C–N with tert-alkyl or cyclic N) is 1. The third-order valence-electron chi connectivity index (χ3n) is 5.03. The summed E-state index contributed by atoms with van der Waals surface area (Å²) in [6.45, 7) is 6.59. The number of aliphatic hydroxyl groups is 1. The van der Waals surface area contributed by atoms with E-state index in [1.807, 2.05) is 0 Å². The molecule has 0 aromatic rings. The molecule has 1 atom stereocenters. The molecule has 0 bridgehead atoms. The molecule has 2 fully saturated rings. The van der Waals surface area contributed by atoms with E-state index in [0.717, 1.165) is 51.5 Å². The highest BCUT2D eigenvalue weighted by molar-refractivity contribution is 5.79. The maximum atomic E-state index is 12.6. The van der Waals surface area contributed by atoms with E-state index in [4.69, 9.17) is 5.11 Å². The van der Waals surface area contributed by atoms with Gasteiger partial charge in [0.2, 0.25) is 5.91 Å². The Morgan fingerprint density at radius 2 is 1.85 bits per heavy atom. The fraction of sp³-hybridized carbons (Fsp3) is 0.938. The molecule has 4 heteroatoms. The van der Waals surface area contributed by atoms with Gasteiger partial charge in [-0.3, -0.25) is 9.69 Å². The summed E-state index contributed by atoms with van der Waals surface area (Å²) in [7, 11) is 0. The van der Waals surface area contributed by atoms with Crippen LogP contribution in [-0.4, -0.2) is 60.1 Å². The van der Waals surface area contributed by atoms with E-state index in [1.165, 1.54) is 25.7 Å². The van der Waals surface area contributed by atoms with Gasteiger partial charge in [-0.15, -0.1) is 0 Å². The van der Waals surface area contributed by atoms with Crippen molar-refractivity contribution in [2.24, 2.45) is 11.8 Å². The van der Waals surface area contributed by atoms with Crippen LogP contribution in [-0.2, 0) is 4.79 Å². The minimum atomic E-state index is 0.215. The molecule has 0 aromatic carbocycles. The lowest BCUT2D eigenvalue weighted by Crippen LogP contribution is -2.50. The minimum Gasteiger partial charge on any atom is -0.395 e. The predicted molar refractivity (Wildman–Crippen MR) is 80.5 cm³/mol. The summed E-state index contributed by atoms with van der Waals surface area (Å²) in [6, 6.07) is 0. The molecule has 0 radical (unpaired) electrons. The lowest BCUT2D eigenvalue weighted by Gasteiger charge is -2.36. The molecule has 1 unspecified atom stereocenters. The lowest BCUT2D eigenvalue weighted by molar-refractivity contribution is -0.138. The van der Waals surface area contributed by atoms with E-state index >= 15 is 0 Å². The monoisotopic (exact) mass is 282 g/mol. The first-order chi connectivity index (χ1) is 9.74. The average Bonchev–Trinajstić information content (AvgIpc) is 2.98. The molecule has 0 spiro atoms. The van der Waals surface area contributed by atoms with Crippen LogP contribution >= 0.6 is 0 Å². The Morgan fingerprint density at radius 3 is 2.40 bits per heavy atom. The van der Waals surface area contributed by atoms with Crippen LogP contribution in [0.25, 0.3) is 0 Å². The average molecular weight is 282 g/mol. The molecule has 116 valence electrons. The van der Waals surface area contributed by atoms with Crippen LogP contribution in [0, 0.1) is 11.8 Å². The molecule has 1 heterocycles. The van der Waals surface area contributed by atoms with Crippen LogP contribution in [0.15, 0.2) is 0 Å². The third kappa shape index (κ3) is 4.19. The van der Waals surface area contributed by atoms with Crippen LogP contribution in [0.3, 0.4) is 0 Å². The second kappa shape index (κ2) is 7.99. The Balaban J connectivity index is 1.79. The Bertz CT molecular complexity index is 295.